The predicted octanol–water partition coefficient (Wildman–Crippen LogP) is 5.02. The fraction of sp³-hybridized carbons (Fsp3) is 0.0909. The molecule has 17 heavy (non-hydrogen) atoms. The van der Waals surface area contributed by atoms with Gasteiger partial charge in [-0.15, -0.1) is 0 Å². The van der Waals surface area contributed by atoms with E-state index < -0.39 is 0 Å². The average molecular weight is 350 g/mol. The molecule has 86 valence electrons. The third-order valence-electron chi connectivity index (χ3n) is 2.26. The lowest BCUT2D eigenvalue weighted by Crippen LogP contribution is -1.92. The van der Waals surface area contributed by atoms with E-state index in [9.17, 15) is 0 Å². The van der Waals surface area contributed by atoms with Gasteiger partial charge in [0, 0.05) is 15.4 Å². The zero-order valence-corrected chi connectivity index (χ0v) is 12.1. The number of benzene rings is 1. The van der Waals surface area contributed by atoms with Crippen LogP contribution >= 0.6 is 50.7 Å². The van der Waals surface area contributed by atoms with Crippen LogP contribution in [-0.4, -0.2) is 4.98 Å². The number of nitrogens with zero attached hydrogens (tertiary/aromatic N) is 2. The Hall–Kier alpha value is -0.530. The van der Waals surface area contributed by atoms with E-state index in [4.69, 9.17) is 40.1 Å². The summed E-state index contributed by atoms with van der Waals surface area (Å²) in [6, 6.07) is 5.45. The van der Waals surface area contributed by atoms with Gasteiger partial charge in [0.15, 0.2) is 0 Å². The van der Waals surface area contributed by atoms with E-state index in [1.54, 1.807) is 12.1 Å². The second-order valence-corrected chi connectivity index (χ2v) is 5.31. The van der Waals surface area contributed by atoms with Gasteiger partial charge in [0.2, 0.25) is 0 Å². The number of fused-ring (bicyclic) bond motifs is 1. The second-order valence-electron chi connectivity index (χ2n) is 3.31. The van der Waals surface area contributed by atoms with Gasteiger partial charge in [0.1, 0.15) is 5.15 Å². The normalized spacial score (nSPS) is 10.5. The Labute approximate surface area is 121 Å². The van der Waals surface area contributed by atoms with Crippen molar-refractivity contribution in [3.05, 3.63) is 37.4 Å². The maximum absolute atomic E-state index is 8.71. The van der Waals surface area contributed by atoms with Gasteiger partial charge in [-0.2, -0.15) is 5.26 Å². The summed E-state index contributed by atoms with van der Waals surface area (Å²) in [5, 5.41) is 10.6. The Balaban J connectivity index is 2.83. The van der Waals surface area contributed by atoms with Crippen LogP contribution in [0.1, 0.15) is 5.56 Å². The summed E-state index contributed by atoms with van der Waals surface area (Å²) in [5.74, 6) is 0. The van der Waals surface area contributed by atoms with Crippen molar-refractivity contribution in [2.45, 2.75) is 6.42 Å². The molecule has 0 fully saturated rings. The van der Waals surface area contributed by atoms with Crippen molar-refractivity contribution in [1.82, 2.24) is 4.98 Å². The Morgan fingerprint density at radius 1 is 1.29 bits per heavy atom. The summed E-state index contributed by atoms with van der Waals surface area (Å²) in [6.45, 7) is 0. The zero-order chi connectivity index (χ0) is 12.6. The highest BCUT2D eigenvalue weighted by molar-refractivity contribution is 9.10. The van der Waals surface area contributed by atoms with Crippen LogP contribution in [0.2, 0.25) is 15.2 Å². The molecule has 1 aromatic heterocycles. The lowest BCUT2D eigenvalue weighted by Gasteiger charge is -2.08. The highest BCUT2D eigenvalue weighted by Crippen LogP contribution is 2.35. The number of aromatic nitrogens is 1. The molecule has 0 aliphatic heterocycles. The van der Waals surface area contributed by atoms with Crippen molar-refractivity contribution in [2.24, 2.45) is 0 Å². The summed E-state index contributed by atoms with van der Waals surface area (Å²) in [5.41, 5.74) is 1.17. The molecule has 0 saturated carbocycles. The fourth-order valence-electron chi connectivity index (χ4n) is 1.46. The summed E-state index contributed by atoms with van der Waals surface area (Å²) < 4.78 is 0.722. The maximum Gasteiger partial charge on any atom is 0.135 e. The molecular formula is C11H4BrCl3N2. The minimum absolute atomic E-state index is 0.119. The Bertz CT molecular complexity index is 649. The first-order valence-electron chi connectivity index (χ1n) is 4.54. The van der Waals surface area contributed by atoms with Gasteiger partial charge in [-0.3, -0.25) is 0 Å². The van der Waals surface area contributed by atoms with Crippen LogP contribution in [-0.2, 0) is 6.42 Å². The van der Waals surface area contributed by atoms with Crippen LogP contribution in [0.4, 0.5) is 0 Å². The molecule has 0 saturated heterocycles. The lowest BCUT2D eigenvalue weighted by molar-refractivity contribution is 1.22. The van der Waals surface area contributed by atoms with Crippen LogP contribution in [0, 0.1) is 11.3 Å². The molecule has 0 aliphatic rings. The minimum atomic E-state index is 0.119. The molecule has 1 heterocycles. The summed E-state index contributed by atoms with van der Waals surface area (Å²) in [4.78, 5) is 4.20. The third-order valence-corrected chi connectivity index (χ3v) is 4.20. The monoisotopic (exact) mass is 348 g/mol. The standard InChI is InChI=1S/C11H4BrCl3N2/c12-7-4-9-6(3-8(7)13)10(14)5(1-2-16)11(15)17-9/h3-4H,1H2. The predicted molar refractivity (Wildman–Crippen MR) is 73.8 cm³/mol. The molecule has 0 spiro atoms. The van der Waals surface area contributed by atoms with Crippen LogP contribution in [0.5, 0.6) is 0 Å². The number of hydrogen-bond acceptors (Lipinski definition) is 2. The topological polar surface area (TPSA) is 36.7 Å². The van der Waals surface area contributed by atoms with E-state index in [0.29, 0.717) is 26.5 Å². The van der Waals surface area contributed by atoms with Crippen molar-refractivity contribution in [3.63, 3.8) is 0 Å². The number of hydrogen-bond donors (Lipinski definition) is 0. The molecule has 2 nitrogen and oxygen atoms in total. The quantitative estimate of drug-likeness (QED) is 0.677. The Kier molecular flexibility index (Phi) is 3.79. The molecule has 0 radical (unpaired) electrons. The Morgan fingerprint density at radius 2 is 2.00 bits per heavy atom. The molecule has 0 bridgehead atoms. The van der Waals surface area contributed by atoms with E-state index in [1.165, 1.54) is 0 Å². The molecule has 2 rings (SSSR count). The highest BCUT2D eigenvalue weighted by atomic mass is 79.9. The minimum Gasteiger partial charge on any atom is -0.236 e. The van der Waals surface area contributed by atoms with E-state index in [0.717, 1.165) is 4.47 Å². The van der Waals surface area contributed by atoms with E-state index in [1.807, 2.05) is 6.07 Å². The summed E-state index contributed by atoms with van der Waals surface area (Å²) in [6.07, 6.45) is 0.119. The SMILES string of the molecule is N#CCc1c(Cl)nc2cc(Br)c(Cl)cc2c1Cl. The number of pyridine rings is 1. The fourth-order valence-corrected chi connectivity index (χ4v) is 2.56. The van der Waals surface area contributed by atoms with Crippen LogP contribution in [0.15, 0.2) is 16.6 Å². The maximum atomic E-state index is 8.71. The van der Waals surface area contributed by atoms with E-state index >= 15 is 0 Å². The van der Waals surface area contributed by atoms with Crippen molar-refractivity contribution in [3.8, 4) is 6.07 Å². The molecule has 0 amide bonds. The highest BCUT2D eigenvalue weighted by Gasteiger charge is 2.13. The molecular weight excluding hydrogens is 346 g/mol. The molecule has 0 N–H and O–H groups in total. The average Bonchev–Trinajstić information content (AvgIpc) is 2.28. The number of rotatable bonds is 1. The first-order chi connectivity index (χ1) is 8.04. The lowest BCUT2D eigenvalue weighted by atomic mass is 10.1. The first-order valence-corrected chi connectivity index (χ1v) is 6.47. The van der Waals surface area contributed by atoms with Crippen LogP contribution in [0.25, 0.3) is 10.9 Å². The molecule has 0 unspecified atom stereocenters. The smallest absolute Gasteiger partial charge is 0.135 e. The van der Waals surface area contributed by atoms with Gasteiger partial charge in [0.25, 0.3) is 0 Å². The largest absolute Gasteiger partial charge is 0.236 e. The van der Waals surface area contributed by atoms with Gasteiger partial charge in [-0.25, -0.2) is 4.98 Å². The van der Waals surface area contributed by atoms with Gasteiger partial charge in [-0.05, 0) is 28.1 Å². The van der Waals surface area contributed by atoms with E-state index in [-0.39, 0.29) is 11.6 Å². The molecule has 2 aromatic rings. The van der Waals surface area contributed by atoms with Crippen molar-refractivity contribution >= 4 is 61.6 Å². The first kappa shape index (κ1) is 12.9. The van der Waals surface area contributed by atoms with Gasteiger partial charge >= 0.3 is 0 Å². The molecule has 0 atom stereocenters. The van der Waals surface area contributed by atoms with Crippen molar-refractivity contribution in [1.29, 1.82) is 5.26 Å². The molecule has 6 heteroatoms. The zero-order valence-electron chi connectivity index (χ0n) is 8.27. The van der Waals surface area contributed by atoms with Gasteiger partial charge in [-0.1, -0.05) is 34.8 Å². The number of nitriles is 1. The molecule has 1 aromatic carbocycles. The summed E-state index contributed by atoms with van der Waals surface area (Å²) >= 11 is 21.5. The van der Waals surface area contributed by atoms with Gasteiger partial charge < -0.3 is 0 Å². The number of halogens is 4. The van der Waals surface area contributed by atoms with Crippen molar-refractivity contribution < 1.29 is 0 Å². The van der Waals surface area contributed by atoms with Crippen LogP contribution < -0.4 is 0 Å². The van der Waals surface area contributed by atoms with Gasteiger partial charge in [0.05, 0.1) is 28.1 Å². The molecule has 0 aliphatic carbocycles. The second kappa shape index (κ2) is 4.99. The Morgan fingerprint density at radius 3 is 2.65 bits per heavy atom. The van der Waals surface area contributed by atoms with E-state index in [2.05, 4.69) is 20.9 Å². The van der Waals surface area contributed by atoms with Crippen LogP contribution in [0.3, 0.4) is 0 Å². The third kappa shape index (κ3) is 2.36. The van der Waals surface area contributed by atoms with Crippen molar-refractivity contribution in [2.75, 3.05) is 0 Å². The summed E-state index contributed by atoms with van der Waals surface area (Å²) in [7, 11) is 0.